The van der Waals surface area contributed by atoms with E-state index in [1.165, 1.54) is 12.1 Å². The molecule has 6 nitrogen and oxygen atoms in total. The fourth-order valence-corrected chi connectivity index (χ4v) is 2.93. The van der Waals surface area contributed by atoms with E-state index in [1.54, 1.807) is 6.07 Å². The first-order valence-corrected chi connectivity index (χ1v) is 7.59. The molecule has 2 rings (SSSR count). The summed E-state index contributed by atoms with van der Waals surface area (Å²) in [4.78, 5) is 22.8. The lowest BCUT2D eigenvalue weighted by atomic mass is 9.77. The van der Waals surface area contributed by atoms with E-state index in [0.29, 0.717) is 10.2 Å². The number of anilines is 1. The smallest absolute Gasteiger partial charge is 0.271 e. The van der Waals surface area contributed by atoms with Gasteiger partial charge >= 0.3 is 0 Å². The number of rotatable bonds is 3. The van der Waals surface area contributed by atoms with Crippen LogP contribution in [-0.4, -0.2) is 23.4 Å². The van der Waals surface area contributed by atoms with Gasteiger partial charge in [-0.05, 0) is 46.8 Å². The van der Waals surface area contributed by atoms with Gasteiger partial charge in [0.25, 0.3) is 5.69 Å². The van der Waals surface area contributed by atoms with Crippen LogP contribution in [0.3, 0.4) is 0 Å². The van der Waals surface area contributed by atoms with Crippen molar-refractivity contribution < 1.29 is 9.72 Å². The first-order valence-electron chi connectivity index (χ1n) is 6.79. The van der Waals surface area contributed by atoms with Gasteiger partial charge in [0.2, 0.25) is 5.91 Å². The molecule has 0 aromatic heterocycles. The molecule has 1 amide bonds. The molecule has 0 spiro atoms. The van der Waals surface area contributed by atoms with Crippen LogP contribution >= 0.6 is 15.9 Å². The number of nitrogens with one attached hydrogen (secondary N) is 2. The van der Waals surface area contributed by atoms with Gasteiger partial charge in [0, 0.05) is 16.6 Å². The Morgan fingerprint density at radius 3 is 2.86 bits per heavy atom. The van der Waals surface area contributed by atoms with Crippen LogP contribution in [0.4, 0.5) is 11.4 Å². The van der Waals surface area contributed by atoms with Gasteiger partial charge in [0.1, 0.15) is 0 Å². The number of carbonyl (C=O) groups excluding carboxylic acids is 1. The molecular formula is C14H18BrN3O3. The maximum Gasteiger partial charge on any atom is 0.271 e. The lowest BCUT2D eigenvalue weighted by molar-refractivity contribution is -0.384. The van der Waals surface area contributed by atoms with Crippen molar-refractivity contribution in [1.82, 2.24) is 5.32 Å². The summed E-state index contributed by atoms with van der Waals surface area (Å²) in [5, 5.41) is 16.8. The zero-order valence-electron chi connectivity index (χ0n) is 12.0. The van der Waals surface area contributed by atoms with Crippen molar-refractivity contribution in [2.24, 2.45) is 5.41 Å². The van der Waals surface area contributed by atoms with Gasteiger partial charge < -0.3 is 10.6 Å². The molecular weight excluding hydrogens is 338 g/mol. The Labute approximate surface area is 131 Å². The molecule has 114 valence electrons. The molecule has 1 saturated heterocycles. The van der Waals surface area contributed by atoms with Crippen molar-refractivity contribution >= 4 is 33.2 Å². The van der Waals surface area contributed by atoms with Crippen molar-refractivity contribution in [1.29, 1.82) is 0 Å². The summed E-state index contributed by atoms with van der Waals surface area (Å²) in [6.45, 7) is 4.90. The molecule has 7 heteroatoms. The van der Waals surface area contributed by atoms with E-state index in [2.05, 4.69) is 26.6 Å². The third-order valence-electron chi connectivity index (χ3n) is 3.81. The second-order valence-corrected chi connectivity index (χ2v) is 6.74. The van der Waals surface area contributed by atoms with Gasteiger partial charge in [-0.2, -0.15) is 0 Å². The largest absolute Gasteiger partial charge is 0.323 e. The Kier molecular flexibility index (Phi) is 4.63. The summed E-state index contributed by atoms with van der Waals surface area (Å²) in [5.41, 5.74) is 0.219. The van der Waals surface area contributed by atoms with E-state index in [4.69, 9.17) is 0 Å². The first-order chi connectivity index (χ1) is 9.81. The summed E-state index contributed by atoms with van der Waals surface area (Å²) >= 11 is 3.30. The van der Waals surface area contributed by atoms with Crippen LogP contribution in [0.1, 0.15) is 26.7 Å². The van der Waals surface area contributed by atoms with Gasteiger partial charge in [-0.15, -0.1) is 0 Å². The van der Waals surface area contributed by atoms with E-state index in [9.17, 15) is 14.9 Å². The SMILES string of the molecule is CC1(C)CCCNC1C(=O)Nc1cc([N+](=O)[O-])ccc1Br. The number of nitro groups is 1. The predicted molar refractivity (Wildman–Crippen MR) is 84.2 cm³/mol. The number of non-ortho nitro benzene ring substituents is 1. The summed E-state index contributed by atoms with van der Waals surface area (Å²) in [6.07, 6.45) is 2.01. The highest BCUT2D eigenvalue weighted by atomic mass is 79.9. The molecule has 1 aromatic carbocycles. The normalized spacial score (nSPS) is 20.8. The Balaban J connectivity index is 2.19. The van der Waals surface area contributed by atoms with Crippen LogP contribution in [0.5, 0.6) is 0 Å². The molecule has 0 bridgehead atoms. The molecule has 0 radical (unpaired) electrons. The fraction of sp³-hybridized carbons (Fsp3) is 0.500. The molecule has 1 atom stereocenters. The van der Waals surface area contributed by atoms with E-state index in [0.717, 1.165) is 19.4 Å². The molecule has 1 unspecified atom stereocenters. The lowest BCUT2D eigenvalue weighted by Gasteiger charge is -2.38. The zero-order chi connectivity index (χ0) is 15.6. The molecule has 1 heterocycles. The van der Waals surface area contributed by atoms with E-state index < -0.39 is 4.92 Å². The van der Waals surface area contributed by atoms with Crippen LogP contribution in [-0.2, 0) is 4.79 Å². The number of carbonyl (C=O) groups is 1. The molecule has 1 aliphatic rings. The zero-order valence-corrected chi connectivity index (χ0v) is 13.6. The molecule has 0 aliphatic carbocycles. The topological polar surface area (TPSA) is 84.3 Å². The third-order valence-corrected chi connectivity index (χ3v) is 4.50. The van der Waals surface area contributed by atoms with Gasteiger partial charge in [-0.1, -0.05) is 13.8 Å². The molecule has 1 aliphatic heterocycles. The summed E-state index contributed by atoms with van der Waals surface area (Å²) in [7, 11) is 0. The monoisotopic (exact) mass is 355 g/mol. The standard InChI is InChI=1S/C14H18BrN3O3/c1-14(2)6-3-7-16-12(14)13(19)17-11-8-9(18(20)21)4-5-10(11)15/h4-5,8,12,16H,3,6-7H2,1-2H3,(H,17,19). The molecule has 1 fully saturated rings. The van der Waals surface area contributed by atoms with Gasteiger partial charge in [0.05, 0.1) is 16.7 Å². The Bertz CT molecular complexity index is 575. The minimum Gasteiger partial charge on any atom is -0.323 e. The molecule has 21 heavy (non-hydrogen) atoms. The number of nitro benzene ring substituents is 1. The Morgan fingerprint density at radius 2 is 2.24 bits per heavy atom. The van der Waals surface area contributed by atoms with Gasteiger partial charge in [-0.3, -0.25) is 14.9 Å². The van der Waals surface area contributed by atoms with Crippen molar-refractivity contribution in [3.8, 4) is 0 Å². The number of piperidine rings is 1. The van der Waals surface area contributed by atoms with E-state index in [-0.39, 0.29) is 23.1 Å². The first kappa shape index (κ1) is 15.9. The quantitative estimate of drug-likeness (QED) is 0.644. The Hall–Kier alpha value is -1.47. The average molecular weight is 356 g/mol. The average Bonchev–Trinajstić information content (AvgIpc) is 2.40. The summed E-state index contributed by atoms with van der Waals surface area (Å²) < 4.78 is 0.620. The third kappa shape index (κ3) is 3.59. The van der Waals surface area contributed by atoms with E-state index in [1.807, 2.05) is 13.8 Å². The minimum atomic E-state index is -0.481. The highest BCUT2D eigenvalue weighted by Crippen LogP contribution is 2.32. The summed E-state index contributed by atoms with van der Waals surface area (Å²) in [5.74, 6) is -0.166. The second kappa shape index (κ2) is 6.11. The van der Waals surface area contributed by atoms with Crippen molar-refractivity contribution in [2.75, 3.05) is 11.9 Å². The number of amides is 1. The van der Waals surface area contributed by atoms with E-state index >= 15 is 0 Å². The number of hydrogen-bond donors (Lipinski definition) is 2. The van der Waals surface area contributed by atoms with Crippen molar-refractivity contribution in [3.05, 3.63) is 32.8 Å². The minimum absolute atomic E-state index is 0.0515. The maximum absolute atomic E-state index is 12.5. The predicted octanol–water partition coefficient (Wildman–Crippen LogP) is 3.07. The number of halogens is 1. The molecule has 1 aromatic rings. The van der Waals surface area contributed by atoms with Crippen LogP contribution in [0.15, 0.2) is 22.7 Å². The van der Waals surface area contributed by atoms with Crippen LogP contribution < -0.4 is 10.6 Å². The van der Waals surface area contributed by atoms with Gasteiger partial charge in [0.15, 0.2) is 0 Å². The molecule has 2 N–H and O–H groups in total. The van der Waals surface area contributed by atoms with Crippen LogP contribution in [0, 0.1) is 15.5 Å². The molecule has 0 saturated carbocycles. The Morgan fingerprint density at radius 1 is 1.52 bits per heavy atom. The number of nitrogens with zero attached hydrogens (tertiary/aromatic N) is 1. The van der Waals surface area contributed by atoms with Crippen molar-refractivity contribution in [3.63, 3.8) is 0 Å². The number of benzene rings is 1. The lowest BCUT2D eigenvalue weighted by Crippen LogP contribution is -2.53. The highest BCUT2D eigenvalue weighted by Gasteiger charge is 2.37. The summed E-state index contributed by atoms with van der Waals surface area (Å²) in [6, 6.07) is 4.01. The number of hydrogen-bond acceptors (Lipinski definition) is 4. The van der Waals surface area contributed by atoms with Crippen molar-refractivity contribution in [2.45, 2.75) is 32.7 Å². The van der Waals surface area contributed by atoms with Crippen LogP contribution in [0.2, 0.25) is 0 Å². The van der Waals surface area contributed by atoms with Gasteiger partial charge in [-0.25, -0.2) is 0 Å². The fourth-order valence-electron chi connectivity index (χ4n) is 2.59. The highest BCUT2D eigenvalue weighted by molar-refractivity contribution is 9.10. The second-order valence-electron chi connectivity index (χ2n) is 5.89. The van der Waals surface area contributed by atoms with Crippen LogP contribution in [0.25, 0.3) is 0 Å². The maximum atomic E-state index is 12.5.